The first-order chi connectivity index (χ1) is 13.9. The van der Waals surface area contributed by atoms with Crippen LogP contribution in [0.25, 0.3) is 0 Å². The molecule has 2 atom stereocenters. The largest absolute Gasteiger partial charge is 0.453 e. The zero-order valence-electron chi connectivity index (χ0n) is 17.2. The number of ether oxygens (including phenoxy) is 2. The molecule has 1 saturated carbocycles. The Morgan fingerprint density at radius 1 is 1.14 bits per heavy atom. The number of nitrogens with zero attached hydrogens (tertiary/aromatic N) is 1. The van der Waals surface area contributed by atoms with Crippen LogP contribution in [0.4, 0.5) is 4.79 Å². The van der Waals surface area contributed by atoms with Crippen molar-refractivity contribution in [1.82, 2.24) is 9.62 Å². The average molecular weight is 425 g/mol. The van der Waals surface area contributed by atoms with Crippen LogP contribution in [0.1, 0.15) is 50.0 Å². The maximum absolute atomic E-state index is 12.2. The van der Waals surface area contributed by atoms with Gasteiger partial charge >= 0.3 is 6.09 Å². The van der Waals surface area contributed by atoms with Crippen LogP contribution in [-0.4, -0.2) is 64.1 Å². The van der Waals surface area contributed by atoms with Gasteiger partial charge in [-0.2, -0.15) is 0 Å². The highest BCUT2D eigenvalue weighted by atomic mass is 32.2. The van der Waals surface area contributed by atoms with Crippen molar-refractivity contribution in [3.63, 3.8) is 0 Å². The topological polar surface area (TPSA) is 84.9 Å². The van der Waals surface area contributed by atoms with Crippen LogP contribution in [0.3, 0.4) is 0 Å². The zero-order valence-corrected chi connectivity index (χ0v) is 18.1. The number of likely N-dealkylation sites (tertiary alicyclic amines) is 1. The monoisotopic (exact) mass is 424 g/mol. The molecule has 2 fully saturated rings. The van der Waals surface area contributed by atoms with E-state index in [9.17, 15) is 13.2 Å². The minimum Gasteiger partial charge on any atom is -0.453 e. The second-order valence-corrected chi connectivity index (χ2v) is 9.87. The molecule has 29 heavy (non-hydrogen) atoms. The number of piperidine rings is 1. The summed E-state index contributed by atoms with van der Waals surface area (Å²) in [5, 5.41) is 0. The number of methoxy groups -OCH3 is 1. The van der Waals surface area contributed by atoms with E-state index in [2.05, 4.69) is 29.0 Å². The summed E-state index contributed by atoms with van der Waals surface area (Å²) in [6, 6.07) is 9.84. The van der Waals surface area contributed by atoms with Crippen LogP contribution in [0.5, 0.6) is 0 Å². The van der Waals surface area contributed by atoms with Gasteiger partial charge in [-0.1, -0.05) is 30.3 Å². The van der Waals surface area contributed by atoms with Crippen LogP contribution in [0, 0.1) is 0 Å². The Balaban J connectivity index is 1.58. The number of hydrogen-bond acceptors (Lipinski definition) is 5. The Morgan fingerprint density at radius 2 is 1.83 bits per heavy atom. The third-order valence-electron chi connectivity index (χ3n) is 6.00. The van der Waals surface area contributed by atoms with Crippen LogP contribution in [-0.2, 0) is 19.5 Å². The summed E-state index contributed by atoms with van der Waals surface area (Å²) in [6.45, 7) is 0.854. The Kier molecular flexibility index (Phi) is 7.54. The van der Waals surface area contributed by atoms with Crippen LogP contribution < -0.4 is 4.72 Å². The van der Waals surface area contributed by atoms with Crippen LogP contribution in [0.2, 0.25) is 0 Å². The van der Waals surface area contributed by atoms with Gasteiger partial charge in [-0.25, -0.2) is 17.9 Å². The van der Waals surface area contributed by atoms with E-state index in [1.54, 1.807) is 4.90 Å². The highest BCUT2D eigenvalue weighted by Crippen LogP contribution is 2.34. The fourth-order valence-corrected chi connectivity index (χ4v) is 5.37. The molecule has 1 N–H and O–H groups in total. The Bertz CT molecular complexity index is 763. The van der Waals surface area contributed by atoms with E-state index in [4.69, 9.17) is 9.47 Å². The minimum absolute atomic E-state index is 0.135. The fourth-order valence-electron chi connectivity index (χ4n) is 4.54. The molecule has 162 valence electrons. The maximum atomic E-state index is 12.2. The van der Waals surface area contributed by atoms with E-state index in [0.29, 0.717) is 25.5 Å². The molecule has 1 heterocycles. The predicted molar refractivity (Wildman–Crippen MR) is 111 cm³/mol. The molecular weight excluding hydrogens is 392 g/mol. The highest BCUT2D eigenvalue weighted by molar-refractivity contribution is 7.88. The standard InChI is InChI=1S/C21H32N2O5S/c1-27-21(24)23-14-6-9-19(22-29(2,25)26)20(23)15-28-18-12-10-17(11-13-18)16-7-4-3-5-8-16/h3-5,7-8,17-20,22H,6,9-15H2,1-2H3/t17-,18+,19?,20?. The van der Waals surface area contributed by atoms with Crippen molar-refractivity contribution in [3.05, 3.63) is 35.9 Å². The molecule has 8 heteroatoms. The molecule has 1 amide bonds. The average Bonchev–Trinajstić information content (AvgIpc) is 2.72. The van der Waals surface area contributed by atoms with E-state index < -0.39 is 16.1 Å². The van der Waals surface area contributed by atoms with Crippen molar-refractivity contribution >= 4 is 16.1 Å². The van der Waals surface area contributed by atoms with Crippen LogP contribution >= 0.6 is 0 Å². The van der Waals surface area contributed by atoms with Gasteiger partial charge < -0.3 is 14.4 Å². The highest BCUT2D eigenvalue weighted by Gasteiger charge is 2.37. The molecule has 1 aliphatic carbocycles. The molecule has 2 unspecified atom stereocenters. The van der Waals surface area contributed by atoms with E-state index in [-0.39, 0.29) is 18.2 Å². The molecule has 0 spiro atoms. The van der Waals surface area contributed by atoms with Gasteiger partial charge in [0.05, 0.1) is 32.1 Å². The molecule has 0 bridgehead atoms. The Labute approximate surface area is 173 Å². The lowest BCUT2D eigenvalue weighted by atomic mass is 9.83. The molecule has 0 aromatic heterocycles. The van der Waals surface area contributed by atoms with Gasteiger partial charge in [0.1, 0.15) is 0 Å². The molecule has 1 aromatic rings. The second-order valence-electron chi connectivity index (χ2n) is 8.09. The van der Waals surface area contributed by atoms with Gasteiger partial charge in [0.15, 0.2) is 0 Å². The molecule has 1 aromatic carbocycles. The first kappa shape index (κ1) is 22.1. The molecule has 1 saturated heterocycles. The number of hydrogen-bond donors (Lipinski definition) is 1. The van der Waals surface area contributed by atoms with E-state index in [0.717, 1.165) is 38.4 Å². The minimum atomic E-state index is -3.38. The van der Waals surface area contributed by atoms with Crippen molar-refractivity contribution in [2.45, 2.75) is 62.6 Å². The fraction of sp³-hybridized carbons (Fsp3) is 0.667. The van der Waals surface area contributed by atoms with Gasteiger partial charge in [-0.3, -0.25) is 0 Å². The predicted octanol–water partition coefficient (Wildman–Crippen LogP) is 2.88. The third-order valence-corrected chi connectivity index (χ3v) is 6.73. The summed E-state index contributed by atoms with van der Waals surface area (Å²) >= 11 is 0. The van der Waals surface area contributed by atoms with E-state index >= 15 is 0 Å². The number of amides is 1. The normalized spacial score (nSPS) is 28.1. The lowest BCUT2D eigenvalue weighted by molar-refractivity contribution is -0.0245. The lowest BCUT2D eigenvalue weighted by Gasteiger charge is -2.41. The lowest BCUT2D eigenvalue weighted by Crippen LogP contribution is -2.59. The van der Waals surface area contributed by atoms with Crippen molar-refractivity contribution < 1.29 is 22.7 Å². The van der Waals surface area contributed by atoms with Gasteiger partial charge in [-0.15, -0.1) is 0 Å². The van der Waals surface area contributed by atoms with Gasteiger partial charge in [0.2, 0.25) is 10.0 Å². The van der Waals surface area contributed by atoms with E-state index in [1.165, 1.54) is 12.7 Å². The van der Waals surface area contributed by atoms with Gasteiger partial charge in [0, 0.05) is 12.6 Å². The van der Waals surface area contributed by atoms with Gasteiger partial charge in [0.25, 0.3) is 0 Å². The Hall–Kier alpha value is -1.64. The van der Waals surface area contributed by atoms with E-state index in [1.807, 2.05) is 6.07 Å². The summed E-state index contributed by atoms with van der Waals surface area (Å²) in [4.78, 5) is 13.8. The SMILES string of the molecule is COC(=O)N1CCCC(NS(C)(=O)=O)C1CO[C@H]1CC[C@@H](c2ccccc2)CC1. The molecule has 2 aliphatic rings. The van der Waals surface area contributed by atoms with Crippen molar-refractivity contribution in [2.24, 2.45) is 0 Å². The molecule has 3 rings (SSSR count). The van der Waals surface area contributed by atoms with Crippen molar-refractivity contribution in [3.8, 4) is 0 Å². The summed E-state index contributed by atoms with van der Waals surface area (Å²) < 4.78 is 37.3. The third kappa shape index (κ3) is 6.17. The molecule has 1 aliphatic heterocycles. The molecule has 7 nitrogen and oxygen atoms in total. The number of rotatable bonds is 6. The summed E-state index contributed by atoms with van der Waals surface area (Å²) in [6.07, 6.45) is 6.32. The second kappa shape index (κ2) is 9.91. The smallest absolute Gasteiger partial charge is 0.409 e. The summed E-state index contributed by atoms with van der Waals surface area (Å²) in [5.74, 6) is 0.567. The number of carbonyl (C=O) groups excluding carboxylic acids is 1. The van der Waals surface area contributed by atoms with Crippen LogP contribution in [0.15, 0.2) is 30.3 Å². The number of benzene rings is 1. The summed E-state index contributed by atoms with van der Waals surface area (Å²) in [5.41, 5.74) is 1.38. The van der Waals surface area contributed by atoms with Crippen molar-refractivity contribution in [1.29, 1.82) is 0 Å². The maximum Gasteiger partial charge on any atom is 0.409 e. The van der Waals surface area contributed by atoms with Gasteiger partial charge in [-0.05, 0) is 50.0 Å². The first-order valence-corrected chi connectivity index (χ1v) is 12.2. The van der Waals surface area contributed by atoms with Crippen molar-refractivity contribution in [2.75, 3.05) is 26.5 Å². The number of sulfonamides is 1. The Morgan fingerprint density at radius 3 is 2.45 bits per heavy atom. The zero-order chi connectivity index (χ0) is 20.9. The number of carbonyl (C=O) groups is 1. The first-order valence-electron chi connectivity index (χ1n) is 10.4. The molecule has 0 radical (unpaired) electrons. The summed E-state index contributed by atoms with van der Waals surface area (Å²) in [7, 11) is -2.03. The number of nitrogens with one attached hydrogen (secondary N) is 1. The molecular formula is C21H32N2O5S. The quantitative estimate of drug-likeness (QED) is 0.759.